The van der Waals surface area contributed by atoms with Crippen molar-refractivity contribution in [3.63, 3.8) is 0 Å². The molecule has 0 rings (SSSR count). The summed E-state index contributed by atoms with van der Waals surface area (Å²) >= 11 is 0. The zero-order valence-electron chi connectivity index (χ0n) is 6.30. The van der Waals surface area contributed by atoms with E-state index in [0.717, 1.165) is 11.0 Å². The summed E-state index contributed by atoms with van der Waals surface area (Å²) in [6.07, 6.45) is 7.12. The molecule has 0 aromatic rings. The van der Waals surface area contributed by atoms with Gasteiger partial charge in [-0.1, -0.05) is 37.5 Å². The van der Waals surface area contributed by atoms with Crippen molar-refractivity contribution in [1.82, 2.24) is 0 Å². The van der Waals surface area contributed by atoms with E-state index in [0.29, 0.717) is 0 Å². The predicted octanol–water partition coefficient (Wildman–Crippen LogP) is 2.36. The Kier molecular flexibility index (Phi) is 4.39. The van der Waals surface area contributed by atoms with Crippen LogP contribution in [0.15, 0.2) is 48.5 Å². The molecule has 0 spiro atoms. The maximum absolute atomic E-state index is 5.47. The first kappa shape index (κ1) is 9.02. The highest BCUT2D eigenvalue weighted by molar-refractivity contribution is 6.23. The molecule has 50 valence electrons. The van der Waals surface area contributed by atoms with Gasteiger partial charge in [-0.25, -0.2) is 0 Å². The number of rotatable bonds is 3. The van der Waals surface area contributed by atoms with Gasteiger partial charge in [0.15, 0.2) is 0 Å². The Bertz CT molecular complexity index is 181. The molecule has 0 aromatic heterocycles. The van der Waals surface area contributed by atoms with Gasteiger partial charge in [0.05, 0.1) is 0 Å². The van der Waals surface area contributed by atoms with Crippen LogP contribution < -0.4 is 0 Å². The molecule has 0 heterocycles. The maximum Gasteiger partial charge on any atom is 0.113 e. The summed E-state index contributed by atoms with van der Waals surface area (Å²) in [5.74, 6) is 0. The number of allylic oxidation sites excluding steroid dienone is 6. The lowest BCUT2D eigenvalue weighted by Gasteiger charge is -1.88. The molecule has 0 unspecified atom stereocenters. The van der Waals surface area contributed by atoms with Gasteiger partial charge in [-0.15, -0.1) is 5.47 Å². The molecule has 0 aromatic carbocycles. The Balaban J connectivity index is 4.00. The predicted molar refractivity (Wildman–Crippen MR) is 48.0 cm³/mol. The second-order valence-corrected chi connectivity index (χ2v) is 1.90. The Morgan fingerprint density at radius 1 is 1.40 bits per heavy atom. The molecule has 0 N–H and O–H groups in total. The Morgan fingerprint density at radius 3 is 2.40 bits per heavy atom. The van der Waals surface area contributed by atoms with Crippen LogP contribution in [-0.4, -0.2) is 7.85 Å². The average Bonchev–Trinajstić information content (AvgIpc) is 1.99. The van der Waals surface area contributed by atoms with Crippen molar-refractivity contribution in [3.8, 4) is 0 Å². The summed E-state index contributed by atoms with van der Waals surface area (Å²) in [6.45, 7) is 9.13. The lowest BCUT2D eigenvalue weighted by atomic mass is 9.95. The van der Waals surface area contributed by atoms with Gasteiger partial charge in [0.25, 0.3) is 0 Å². The molecular formula is C9H11B. The summed E-state index contributed by atoms with van der Waals surface area (Å²) in [6, 6.07) is 0. The summed E-state index contributed by atoms with van der Waals surface area (Å²) in [5.41, 5.74) is 1.60. The molecule has 0 saturated heterocycles. The summed E-state index contributed by atoms with van der Waals surface area (Å²) < 4.78 is 0. The monoisotopic (exact) mass is 130 g/mol. The van der Waals surface area contributed by atoms with E-state index < -0.39 is 0 Å². The molecule has 0 amide bonds. The molecule has 0 saturated carbocycles. The van der Waals surface area contributed by atoms with E-state index in [2.05, 4.69) is 13.2 Å². The van der Waals surface area contributed by atoms with Crippen molar-refractivity contribution in [1.29, 1.82) is 0 Å². The van der Waals surface area contributed by atoms with Crippen molar-refractivity contribution in [2.24, 2.45) is 0 Å². The van der Waals surface area contributed by atoms with Gasteiger partial charge in [0.2, 0.25) is 0 Å². The van der Waals surface area contributed by atoms with E-state index in [1.54, 1.807) is 12.2 Å². The van der Waals surface area contributed by atoms with E-state index in [1.807, 2.05) is 19.1 Å². The van der Waals surface area contributed by atoms with Crippen LogP contribution in [0.2, 0.25) is 0 Å². The molecule has 0 fully saturated rings. The van der Waals surface area contributed by atoms with Gasteiger partial charge in [0.1, 0.15) is 7.85 Å². The van der Waals surface area contributed by atoms with E-state index in [9.17, 15) is 0 Å². The fraction of sp³-hybridized carbons (Fsp3) is 0.111. The van der Waals surface area contributed by atoms with Crippen molar-refractivity contribution in [2.45, 2.75) is 6.92 Å². The van der Waals surface area contributed by atoms with Gasteiger partial charge in [-0.3, -0.25) is 0 Å². The van der Waals surface area contributed by atoms with Crippen molar-refractivity contribution in [3.05, 3.63) is 48.5 Å². The first-order valence-corrected chi connectivity index (χ1v) is 3.12. The van der Waals surface area contributed by atoms with E-state index in [-0.39, 0.29) is 0 Å². The Morgan fingerprint density at radius 2 is 2.00 bits per heavy atom. The molecule has 0 aliphatic heterocycles. The molecule has 0 aliphatic carbocycles. The average molecular weight is 130 g/mol. The summed E-state index contributed by atoms with van der Waals surface area (Å²) in [4.78, 5) is 0. The molecular weight excluding hydrogens is 119 g/mol. The zero-order valence-corrected chi connectivity index (χ0v) is 6.30. The third kappa shape index (κ3) is 3.96. The highest BCUT2D eigenvalue weighted by Gasteiger charge is 1.77. The van der Waals surface area contributed by atoms with Gasteiger partial charge in [-0.05, 0) is 12.5 Å². The largest absolute Gasteiger partial charge is 0.113 e. The number of hydrogen-bond donors (Lipinski definition) is 0. The van der Waals surface area contributed by atoms with Crippen molar-refractivity contribution < 1.29 is 0 Å². The van der Waals surface area contributed by atoms with Gasteiger partial charge in [0, 0.05) is 0 Å². The van der Waals surface area contributed by atoms with Crippen LogP contribution in [0.25, 0.3) is 0 Å². The minimum Gasteiger partial charge on any atom is -0.101 e. The first-order valence-electron chi connectivity index (χ1n) is 3.12. The highest BCUT2D eigenvalue weighted by atomic mass is 13.8. The maximum atomic E-state index is 5.47. The van der Waals surface area contributed by atoms with E-state index >= 15 is 0 Å². The molecule has 2 radical (unpaired) electrons. The normalized spacial score (nSPS) is 11.9. The van der Waals surface area contributed by atoms with Crippen LogP contribution in [0.4, 0.5) is 0 Å². The zero-order chi connectivity index (χ0) is 7.98. The van der Waals surface area contributed by atoms with Crippen LogP contribution in [0.1, 0.15) is 6.92 Å². The van der Waals surface area contributed by atoms with E-state index in [4.69, 9.17) is 7.85 Å². The van der Waals surface area contributed by atoms with Crippen molar-refractivity contribution in [2.75, 3.05) is 0 Å². The van der Waals surface area contributed by atoms with E-state index in [1.165, 1.54) is 0 Å². The van der Waals surface area contributed by atoms with Gasteiger partial charge >= 0.3 is 0 Å². The minimum absolute atomic E-state index is 0.739. The third-order valence-electron chi connectivity index (χ3n) is 1.09. The van der Waals surface area contributed by atoms with Crippen LogP contribution in [0, 0.1) is 0 Å². The highest BCUT2D eigenvalue weighted by Crippen LogP contribution is 1.96. The second-order valence-electron chi connectivity index (χ2n) is 1.90. The lowest BCUT2D eigenvalue weighted by molar-refractivity contribution is 1.67. The third-order valence-corrected chi connectivity index (χ3v) is 1.09. The lowest BCUT2D eigenvalue weighted by Crippen LogP contribution is -1.72. The van der Waals surface area contributed by atoms with Crippen LogP contribution in [0.5, 0.6) is 0 Å². The smallest absolute Gasteiger partial charge is 0.101 e. The summed E-state index contributed by atoms with van der Waals surface area (Å²) in [5, 5.41) is 0. The van der Waals surface area contributed by atoms with Crippen LogP contribution >= 0.6 is 0 Å². The standard InChI is InChI=1S/C9H11B/c1-4-8(3)6-7-9(10)5-2/h4-7H,1,3H2,2H3/b7-6-,9-5+. The first-order chi connectivity index (χ1) is 4.70. The summed E-state index contributed by atoms with van der Waals surface area (Å²) in [7, 11) is 5.47. The molecule has 0 aliphatic rings. The van der Waals surface area contributed by atoms with Crippen LogP contribution in [-0.2, 0) is 0 Å². The SMILES string of the molecule is [B]C(/C=C\C(=C)C=C)=C/C. The molecule has 0 nitrogen and oxygen atoms in total. The number of hydrogen-bond acceptors (Lipinski definition) is 0. The molecule has 1 heteroatoms. The fourth-order valence-corrected chi connectivity index (χ4v) is 0.368. The van der Waals surface area contributed by atoms with Crippen LogP contribution in [0.3, 0.4) is 0 Å². The minimum atomic E-state index is 0.739. The van der Waals surface area contributed by atoms with Gasteiger partial charge < -0.3 is 0 Å². The molecule has 0 bridgehead atoms. The Hall–Kier alpha value is -0.975. The Labute approximate surface area is 64.1 Å². The topological polar surface area (TPSA) is 0 Å². The molecule has 0 atom stereocenters. The van der Waals surface area contributed by atoms with Crippen molar-refractivity contribution >= 4 is 7.85 Å². The van der Waals surface area contributed by atoms with Gasteiger partial charge in [-0.2, -0.15) is 0 Å². The second kappa shape index (κ2) is 4.86. The molecule has 10 heavy (non-hydrogen) atoms. The fourth-order valence-electron chi connectivity index (χ4n) is 0.368. The quantitative estimate of drug-likeness (QED) is 0.406.